The standard InChI is InChI=1S/C12H14N6O/c1-7-4-11(18-12(16-7)14-6-15-18)13-5-10-8(2)17-19-9(10)3/h4,6,13H,5H2,1-3H3. The SMILES string of the molecule is Cc1cc(NCc2c(C)noc2C)n2ncnc2n1. The number of rotatable bonds is 3. The summed E-state index contributed by atoms with van der Waals surface area (Å²) in [5, 5.41) is 11.4. The minimum Gasteiger partial charge on any atom is -0.366 e. The van der Waals surface area contributed by atoms with Crippen molar-refractivity contribution >= 4 is 11.6 Å². The van der Waals surface area contributed by atoms with Gasteiger partial charge in [0.15, 0.2) is 0 Å². The van der Waals surface area contributed by atoms with Crippen molar-refractivity contribution in [3.8, 4) is 0 Å². The van der Waals surface area contributed by atoms with Gasteiger partial charge in [-0.05, 0) is 20.8 Å². The van der Waals surface area contributed by atoms with Gasteiger partial charge in [0.25, 0.3) is 5.78 Å². The van der Waals surface area contributed by atoms with Gasteiger partial charge in [-0.3, -0.25) is 0 Å². The summed E-state index contributed by atoms with van der Waals surface area (Å²) >= 11 is 0. The molecule has 7 heteroatoms. The number of aromatic nitrogens is 5. The Bertz CT molecular complexity index is 709. The van der Waals surface area contributed by atoms with Crippen LogP contribution >= 0.6 is 0 Å². The highest BCUT2D eigenvalue weighted by molar-refractivity contribution is 5.45. The van der Waals surface area contributed by atoms with E-state index in [0.717, 1.165) is 28.5 Å². The lowest BCUT2D eigenvalue weighted by atomic mass is 10.2. The molecule has 0 aromatic carbocycles. The second kappa shape index (κ2) is 4.34. The van der Waals surface area contributed by atoms with Gasteiger partial charge in [0, 0.05) is 23.9 Å². The van der Waals surface area contributed by atoms with Crippen molar-refractivity contribution in [3.63, 3.8) is 0 Å². The second-order valence-electron chi connectivity index (χ2n) is 4.41. The summed E-state index contributed by atoms with van der Waals surface area (Å²) in [6, 6.07) is 1.93. The molecule has 7 nitrogen and oxygen atoms in total. The number of anilines is 1. The first-order valence-corrected chi connectivity index (χ1v) is 5.98. The van der Waals surface area contributed by atoms with Crippen LogP contribution in [0.5, 0.6) is 0 Å². The van der Waals surface area contributed by atoms with Crippen molar-refractivity contribution < 1.29 is 4.52 Å². The van der Waals surface area contributed by atoms with Crippen molar-refractivity contribution in [3.05, 3.63) is 35.1 Å². The molecule has 98 valence electrons. The van der Waals surface area contributed by atoms with E-state index in [9.17, 15) is 0 Å². The average Bonchev–Trinajstić information content (AvgIpc) is 2.95. The fraction of sp³-hybridized carbons (Fsp3) is 0.333. The summed E-state index contributed by atoms with van der Waals surface area (Å²) in [5.74, 6) is 2.26. The van der Waals surface area contributed by atoms with Gasteiger partial charge in [-0.1, -0.05) is 5.16 Å². The molecule has 0 atom stereocenters. The van der Waals surface area contributed by atoms with Crippen molar-refractivity contribution in [1.82, 2.24) is 24.7 Å². The molecule has 19 heavy (non-hydrogen) atoms. The third kappa shape index (κ3) is 2.03. The van der Waals surface area contributed by atoms with Crippen LogP contribution in [0.3, 0.4) is 0 Å². The Morgan fingerprint density at radius 2 is 2.16 bits per heavy atom. The molecule has 0 amide bonds. The van der Waals surface area contributed by atoms with Gasteiger partial charge in [0.1, 0.15) is 17.9 Å². The maximum atomic E-state index is 5.14. The molecule has 0 radical (unpaired) electrons. The van der Waals surface area contributed by atoms with Crippen LogP contribution in [0.25, 0.3) is 5.78 Å². The van der Waals surface area contributed by atoms with Gasteiger partial charge < -0.3 is 9.84 Å². The van der Waals surface area contributed by atoms with E-state index in [0.29, 0.717) is 12.3 Å². The smallest absolute Gasteiger partial charge is 0.254 e. The predicted molar refractivity (Wildman–Crippen MR) is 68.8 cm³/mol. The summed E-state index contributed by atoms with van der Waals surface area (Å²) in [6.45, 7) is 6.38. The second-order valence-corrected chi connectivity index (χ2v) is 4.41. The quantitative estimate of drug-likeness (QED) is 0.769. The highest BCUT2D eigenvalue weighted by atomic mass is 16.5. The van der Waals surface area contributed by atoms with E-state index in [2.05, 4.69) is 25.5 Å². The summed E-state index contributed by atoms with van der Waals surface area (Å²) in [6.07, 6.45) is 1.49. The molecule has 3 heterocycles. The van der Waals surface area contributed by atoms with Gasteiger partial charge in [0.05, 0.1) is 5.69 Å². The molecule has 0 unspecified atom stereocenters. The Labute approximate surface area is 109 Å². The first-order chi connectivity index (χ1) is 9.15. The Morgan fingerprint density at radius 1 is 1.32 bits per heavy atom. The van der Waals surface area contributed by atoms with Gasteiger partial charge in [-0.2, -0.15) is 14.6 Å². The van der Waals surface area contributed by atoms with Gasteiger partial charge in [-0.25, -0.2) is 4.98 Å². The molecule has 0 saturated heterocycles. The molecule has 0 saturated carbocycles. The predicted octanol–water partition coefficient (Wildman–Crippen LogP) is 1.65. The molecule has 0 aliphatic heterocycles. The minimum absolute atomic E-state index is 0.585. The van der Waals surface area contributed by atoms with Gasteiger partial charge in [0.2, 0.25) is 0 Å². The Kier molecular flexibility index (Phi) is 2.66. The Balaban J connectivity index is 1.91. The van der Waals surface area contributed by atoms with Crippen LogP contribution in [0.4, 0.5) is 5.82 Å². The zero-order valence-electron chi connectivity index (χ0n) is 11.0. The number of fused-ring (bicyclic) bond motifs is 1. The Morgan fingerprint density at radius 3 is 2.89 bits per heavy atom. The first kappa shape index (κ1) is 11.6. The fourth-order valence-corrected chi connectivity index (χ4v) is 1.99. The molecule has 0 bridgehead atoms. The molecule has 0 spiro atoms. The normalized spacial score (nSPS) is 11.1. The lowest BCUT2D eigenvalue weighted by molar-refractivity contribution is 0.392. The number of hydrogen-bond acceptors (Lipinski definition) is 6. The molecule has 3 aromatic heterocycles. The van der Waals surface area contributed by atoms with E-state index >= 15 is 0 Å². The molecule has 3 rings (SSSR count). The summed E-state index contributed by atoms with van der Waals surface area (Å²) in [4.78, 5) is 8.39. The van der Waals surface area contributed by atoms with E-state index in [-0.39, 0.29) is 0 Å². The third-order valence-electron chi connectivity index (χ3n) is 3.01. The van der Waals surface area contributed by atoms with Crippen LogP contribution in [0.15, 0.2) is 16.9 Å². The third-order valence-corrected chi connectivity index (χ3v) is 3.01. The lowest BCUT2D eigenvalue weighted by Gasteiger charge is -2.08. The summed E-state index contributed by atoms with van der Waals surface area (Å²) in [5.41, 5.74) is 2.84. The van der Waals surface area contributed by atoms with E-state index in [1.807, 2.05) is 26.8 Å². The highest BCUT2D eigenvalue weighted by Gasteiger charge is 2.10. The number of nitrogens with zero attached hydrogens (tertiary/aromatic N) is 5. The number of nitrogens with one attached hydrogen (secondary N) is 1. The monoisotopic (exact) mass is 258 g/mol. The van der Waals surface area contributed by atoms with E-state index in [1.165, 1.54) is 6.33 Å². The van der Waals surface area contributed by atoms with Crippen LogP contribution in [0.2, 0.25) is 0 Å². The highest BCUT2D eigenvalue weighted by Crippen LogP contribution is 2.16. The maximum absolute atomic E-state index is 5.14. The van der Waals surface area contributed by atoms with Crippen LogP contribution in [-0.4, -0.2) is 24.7 Å². The number of aryl methyl sites for hydroxylation is 3. The maximum Gasteiger partial charge on any atom is 0.254 e. The summed E-state index contributed by atoms with van der Waals surface area (Å²) in [7, 11) is 0. The zero-order chi connectivity index (χ0) is 13.4. The van der Waals surface area contributed by atoms with Crippen LogP contribution in [0, 0.1) is 20.8 Å². The average molecular weight is 258 g/mol. The van der Waals surface area contributed by atoms with E-state index in [4.69, 9.17) is 4.52 Å². The topological polar surface area (TPSA) is 81.1 Å². The van der Waals surface area contributed by atoms with Crippen molar-refractivity contribution in [2.45, 2.75) is 27.3 Å². The van der Waals surface area contributed by atoms with E-state index in [1.54, 1.807) is 4.52 Å². The minimum atomic E-state index is 0.585. The summed E-state index contributed by atoms with van der Waals surface area (Å²) < 4.78 is 6.81. The first-order valence-electron chi connectivity index (χ1n) is 5.98. The lowest BCUT2D eigenvalue weighted by Crippen LogP contribution is -2.07. The molecular weight excluding hydrogens is 244 g/mol. The van der Waals surface area contributed by atoms with Crippen molar-refractivity contribution in [1.29, 1.82) is 0 Å². The van der Waals surface area contributed by atoms with Gasteiger partial charge in [-0.15, -0.1) is 0 Å². The van der Waals surface area contributed by atoms with Gasteiger partial charge >= 0.3 is 0 Å². The molecule has 3 aromatic rings. The largest absolute Gasteiger partial charge is 0.366 e. The molecular formula is C12H14N6O. The molecule has 0 fully saturated rings. The molecule has 0 aliphatic rings. The molecule has 0 aliphatic carbocycles. The van der Waals surface area contributed by atoms with Crippen LogP contribution < -0.4 is 5.32 Å². The van der Waals surface area contributed by atoms with Crippen molar-refractivity contribution in [2.75, 3.05) is 5.32 Å². The van der Waals surface area contributed by atoms with Crippen LogP contribution in [0.1, 0.15) is 22.7 Å². The molecule has 1 N–H and O–H groups in total. The van der Waals surface area contributed by atoms with E-state index < -0.39 is 0 Å². The fourth-order valence-electron chi connectivity index (χ4n) is 1.99. The van der Waals surface area contributed by atoms with Crippen molar-refractivity contribution in [2.24, 2.45) is 0 Å². The zero-order valence-corrected chi connectivity index (χ0v) is 11.0. The number of hydrogen-bond donors (Lipinski definition) is 1. The van der Waals surface area contributed by atoms with Crippen LogP contribution in [-0.2, 0) is 6.54 Å². The Hall–Kier alpha value is -2.44.